The van der Waals surface area contributed by atoms with E-state index in [0.717, 1.165) is 60.9 Å². The molecule has 8 aliphatic rings. The van der Waals surface area contributed by atoms with Crippen LogP contribution in [0.15, 0.2) is 65.8 Å². The predicted molar refractivity (Wildman–Crippen MR) is 243 cm³/mol. The summed E-state index contributed by atoms with van der Waals surface area (Å²) >= 11 is 0. The van der Waals surface area contributed by atoms with E-state index in [2.05, 4.69) is 82.5 Å². The lowest BCUT2D eigenvalue weighted by Gasteiger charge is -2.72. The number of ether oxygens (including phenoxy) is 1. The first-order valence-corrected chi connectivity index (χ1v) is 23.9. The van der Waals surface area contributed by atoms with Gasteiger partial charge in [0.1, 0.15) is 17.6 Å². The van der Waals surface area contributed by atoms with Crippen LogP contribution in [0, 0.1) is 51.2 Å². The lowest BCUT2D eigenvalue weighted by molar-refractivity contribution is -0.206. The number of nitrogens with one attached hydrogen (secondary N) is 2. The number of epoxide rings is 1. The molecule has 9 heteroatoms. The molecular weight excluding hydrogens is 775 g/mol. The molecule has 7 aliphatic carbocycles. The molecule has 1 aliphatic heterocycles. The summed E-state index contributed by atoms with van der Waals surface area (Å²) in [7, 11) is 1.89. The Bertz CT molecular complexity index is 2180. The molecule has 62 heavy (non-hydrogen) atoms. The zero-order valence-electron chi connectivity index (χ0n) is 38.5. The normalized spacial score (nSPS) is 42.3. The monoisotopic (exact) mass is 848 g/mol. The molecule has 2 aromatic carbocycles. The number of phenols is 1. The molecule has 336 valence electrons. The first kappa shape index (κ1) is 43.9. The summed E-state index contributed by atoms with van der Waals surface area (Å²) in [5.41, 5.74) is 10.1. The third-order valence-corrected chi connectivity index (χ3v) is 18.8. The quantitative estimate of drug-likeness (QED) is 0.0706. The van der Waals surface area contributed by atoms with Gasteiger partial charge >= 0.3 is 0 Å². The van der Waals surface area contributed by atoms with Gasteiger partial charge in [0.2, 0.25) is 0 Å². The number of rotatable bonds is 12. The summed E-state index contributed by atoms with van der Waals surface area (Å²) in [5.74, 6) is 0.799. The number of phenolic OH excluding ortho intramolecular Hbond substituents is 1. The van der Waals surface area contributed by atoms with E-state index in [1.807, 2.05) is 32.2 Å². The molecule has 1 saturated heterocycles. The van der Waals surface area contributed by atoms with Crippen LogP contribution in [0.1, 0.15) is 135 Å². The third-order valence-electron chi connectivity index (χ3n) is 18.8. The molecule has 4 saturated carbocycles. The fourth-order valence-electron chi connectivity index (χ4n) is 16.2. The lowest BCUT2D eigenvalue weighted by Crippen LogP contribution is -2.72. The van der Waals surface area contributed by atoms with Crippen LogP contribution in [0.2, 0.25) is 0 Å². The van der Waals surface area contributed by atoms with Gasteiger partial charge in [0.15, 0.2) is 5.78 Å². The Morgan fingerprint density at radius 1 is 0.984 bits per heavy atom. The molecule has 5 fully saturated rings. The fourth-order valence-corrected chi connectivity index (χ4v) is 16.2. The molecule has 2 aromatic rings. The molecule has 0 unspecified atom stereocenters. The second kappa shape index (κ2) is 15.4. The smallest absolute Gasteiger partial charge is 0.159 e. The number of hydrogen-bond acceptors (Lipinski definition) is 9. The van der Waals surface area contributed by atoms with E-state index in [4.69, 9.17) is 10.5 Å². The predicted octanol–water partition coefficient (Wildman–Crippen LogP) is 8.13. The molecule has 16 atom stereocenters. The number of aliphatic hydroxyl groups excluding tert-OH is 2. The van der Waals surface area contributed by atoms with Crippen LogP contribution in [-0.2, 0) is 20.9 Å². The Balaban J connectivity index is 1.05. The Morgan fingerprint density at radius 2 is 1.76 bits per heavy atom. The number of allylic oxidation sites excluding steroid dienone is 4. The largest absolute Gasteiger partial charge is 0.508 e. The molecule has 7 N–H and O–H groups in total. The van der Waals surface area contributed by atoms with Gasteiger partial charge in [0, 0.05) is 42.1 Å². The zero-order chi connectivity index (χ0) is 44.3. The number of anilines is 1. The molecule has 0 spiro atoms. The first-order chi connectivity index (χ1) is 29.3. The molecule has 0 aromatic heterocycles. The maximum Gasteiger partial charge on any atom is 0.159 e. The van der Waals surface area contributed by atoms with Crippen molar-refractivity contribution in [1.82, 2.24) is 10.6 Å². The highest BCUT2D eigenvalue weighted by atomic mass is 16.6. The second-order valence-electron chi connectivity index (χ2n) is 22.4. The first-order valence-electron chi connectivity index (χ1n) is 23.9. The minimum atomic E-state index is -0.685. The highest BCUT2D eigenvalue weighted by Gasteiger charge is 2.74. The number of hydrogen-bond donors (Lipinski definition) is 6. The zero-order valence-corrected chi connectivity index (χ0v) is 38.5. The summed E-state index contributed by atoms with van der Waals surface area (Å²) in [6, 6.07) is 13.9. The van der Waals surface area contributed by atoms with Gasteiger partial charge in [0.25, 0.3) is 0 Å². The number of nitrogen functional groups attached to an aromatic ring is 1. The summed E-state index contributed by atoms with van der Waals surface area (Å²) < 4.78 is 6.51. The molecule has 0 amide bonds. The minimum Gasteiger partial charge on any atom is -0.508 e. The summed E-state index contributed by atoms with van der Waals surface area (Å²) in [4.78, 5) is 30.0. The van der Waals surface area contributed by atoms with Crippen molar-refractivity contribution < 1.29 is 29.6 Å². The molecular formula is C53H73N3O6. The number of Topliss-reactive ketones (excluding diaryl/α,β-unsaturated/α-hetero) is 2. The van der Waals surface area contributed by atoms with Crippen molar-refractivity contribution in [1.29, 1.82) is 0 Å². The Labute approximate surface area is 369 Å². The number of ketones is 2. The maximum atomic E-state index is 15.3. The van der Waals surface area contributed by atoms with E-state index in [1.54, 1.807) is 6.07 Å². The van der Waals surface area contributed by atoms with Crippen molar-refractivity contribution in [2.75, 3.05) is 19.3 Å². The van der Waals surface area contributed by atoms with Crippen LogP contribution in [0.4, 0.5) is 5.69 Å². The standard InChI is InChI=1S/C53H73N3O6/c1-29(20-41(59)48-53(7,62-48)37-15-10-14-36(37)32-12-9-13-34(54)23-32)44-38-17-18-43-51(5,50(38,4)26-42(44)60)25-40(56-27-30(2)57)46-49(3)19-11-16-39(52(43,46)6)45(47(49)61)33-21-31(28-55-8)22-35(58)24-33/h9,11-13,16,21-24,29-30,36-37,39-41,43,45-46,48,55-59H,10,14-15,17-20,25-28,54H2,1-8H3/t29-,30+,36-,37-,39+,40+,41-,43+,45-,46+,48-,49+,50+,51+,52+,53-/m1/s1. The number of carbonyl (C=O) groups excluding carboxylic acids is 2. The number of fused-ring (bicyclic) bond motifs is 5. The molecule has 2 bridgehead atoms. The van der Waals surface area contributed by atoms with Gasteiger partial charge < -0.3 is 36.4 Å². The number of nitrogens with two attached hydrogens (primary N) is 1. The van der Waals surface area contributed by atoms with Crippen molar-refractivity contribution >= 4 is 17.3 Å². The summed E-state index contributed by atoms with van der Waals surface area (Å²) in [5, 5.41) is 40.8. The SMILES string of the molecule is CNCc1cc(O)cc([C@H]2C(=O)[C@@]3(C)CC=C[C@@H]2[C@@]2(C)[C@H]4CCC5=C([C@H](C)C[C@@H](O)[C@H]6O[C@]6(C)[C@@H]6CCC[C@@H]6c6cccc(N)c6)C(=O)C[C@]5(C)[C@@]4(C)C[C@H](NC[C@H](C)O)[C@H]23)c1. The van der Waals surface area contributed by atoms with Gasteiger partial charge in [0.05, 0.1) is 23.7 Å². The van der Waals surface area contributed by atoms with Gasteiger partial charge in [-0.2, -0.15) is 0 Å². The maximum absolute atomic E-state index is 15.3. The van der Waals surface area contributed by atoms with Crippen molar-refractivity contribution in [3.8, 4) is 5.75 Å². The Kier molecular flexibility index (Phi) is 10.9. The van der Waals surface area contributed by atoms with Crippen LogP contribution in [0.25, 0.3) is 0 Å². The summed E-state index contributed by atoms with van der Waals surface area (Å²) in [6.07, 6.45) is 10.4. The van der Waals surface area contributed by atoms with Crippen LogP contribution in [0.5, 0.6) is 5.75 Å². The number of aliphatic hydroxyl groups is 2. The number of carbonyl (C=O) groups is 2. The van der Waals surface area contributed by atoms with Gasteiger partial charge in [-0.3, -0.25) is 9.59 Å². The lowest BCUT2D eigenvalue weighted by atomic mass is 9.32. The van der Waals surface area contributed by atoms with E-state index >= 15 is 4.79 Å². The molecule has 10 rings (SSSR count). The van der Waals surface area contributed by atoms with Crippen LogP contribution in [0.3, 0.4) is 0 Å². The van der Waals surface area contributed by atoms with Crippen molar-refractivity contribution in [3.63, 3.8) is 0 Å². The minimum absolute atomic E-state index is 0.00370. The second-order valence-corrected chi connectivity index (χ2v) is 22.4. The topological polar surface area (TPSA) is 157 Å². The molecule has 9 nitrogen and oxygen atoms in total. The highest BCUT2D eigenvalue weighted by Crippen LogP contribution is 2.77. The molecule has 1 heterocycles. The van der Waals surface area contributed by atoms with E-state index < -0.39 is 34.6 Å². The van der Waals surface area contributed by atoms with E-state index in [0.29, 0.717) is 44.2 Å². The van der Waals surface area contributed by atoms with Crippen LogP contribution in [-0.4, -0.2) is 70.4 Å². The van der Waals surface area contributed by atoms with Crippen LogP contribution >= 0.6 is 0 Å². The van der Waals surface area contributed by atoms with E-state index in [-0.39, 0.29) is 64.0 Å². The average Bonchev–Trinajstić information content (AvgIpc) is 3.59. The Hall–Kier alpha value is -3.34. The average molecular weight is 848 g/mol. The number of benzene rings is 2. The third kappa shape index (κ3) is 6.47. The van der Waals surface area contributed by atoms with E-state index in [1.165, 1.54) is 11.1 Å². The Morgan fingerprint density at radius 3 is 2.48 bits per heavy atom. The van der Waals surface area contributed by atoms with Crippen molar-refractivity contribution in [2.45, 2.75) is 155 Å². The van der Waals surface area contributed by atoms with E-state index in [9.17, 15) is 20.1 Å². The van der Waals surface area contributed by atoms with Gasteiger partial charge in [-0.25, -0.2) is 0 Å². The van der Waals surface area contributed by atoms with Crippen molar-refractivity contribution in [2.24, 2.45) is 51.2 Å². The summed E-state index contributed by atoms with van der Waals surface area (Å²) in [6.45, 7) is 16.6. The molecule has 0 radical (unpaired) electrons. The van der Waals surface area contributed by atoms with Gasteiger partial charge in [-0.05, 0) is 159 Å². The highest BCUT2D eigenvalue weighted by molar-refractivity contribution is 6.00. The van der Waals surface area contributed by atoms with Crippen LogP contribution < -0.4 is 16.4 Å². The fraction of sp³-hybridized carbons (Fsp3) is 0.660. The number of aromatic hydroxyl groups is 1. The van der Waals surface area contributed by atoms with Gasteiger partial charge in [-0.15, -0.1) is 0 Å². The van der Waals surface area contributed by atoms with Crippen molar-refractivity contribution in [3.05, 3.63) is 82.5 Å². The van der Waals surface area contributed by atoms with Gasteiger partial charge in [-0.1, -0.05) is 77.0 Å².